The molecule has 1 N–H and O–H groups in total. The van der Waals surface area contributed by atoms with Crippen LogP contribution in [-0.2, 0) is 0 Å². The Morgan fingerprint density at radius 2 is 1.96 bits per heavy atom. The summed E-state index contributed by atoms with van der Waals surface area (Å²) in [6, 6.07) is 8.07. The van der Waals surface area contributed by atoms with Crippen molar-refractivity contribution in [2.24, 2.45) is 5.41 Å². The zero-order chi connectivity index (χ0) is 17.4. The van der Waals surface area contributed by atoms with E-state index in [1.54, 1.807) is 4.68 Å². The number of hydrogen-bond donors (Lipinski definition) is 1. The van der Waals surface area contributed by atoms with E-state index in [1.807, 2.05) is 43.0 Å². The molecule has 0 unspecified atom stereocenters. The number of benzene rings is 1. The molecule has 2 aromatic rings. The van der Waals surface area contributed by atoms with Crippen LogP contribution in [0.3, 0.4) is 0 Å². The number of aromatic nitrogens is 3. The Kier molecular flexibility index (Phi) is 5.34. The fourth-order valence-corrected chi connectivity index (χ4v) is 4.09. The number of aryl methyl sites for hydroxylation is 1. The molecule has 140 valence electrons. The van der Waals surface area contributed by atoms with Crippen molar-refractivity contribution in [2.75, 3.05) is 26.2 Å². The summed E-state index contributed by atoms with van der Waals surface area (Å²) in [6.07, 6.45) is 3.39. The lowest BCUT2D eigenvalue weighted by molar-refractivity contribution is 0.0601. The molecule has 2 fully saturated rings. The molecule has 2 saturated heterocycles. The number of nitrogens with one attached hydrogen (secondary N) is 1. The predicted molar refractivity (Wildman–Crippen MR) is 103 cm³/mol. The molecule has 2 aliphatic heterocycles. The summed E-state index contributed by atoms with van der Waals surface area (Å²) in [5.41, 5.74) is 3.79. The Balaban J connectivity index is 0.00000196. The summed E-state index contributed by atoms with van der Waals surface area (Å²) in [4.78, 5) is 14.9. The molecule has 0 atom stereocenters. The Hall–Kier alpha value is -1.92. The number of amides is 1. The molecule has 0 bridgehead atoms. The number of halogens is 1. The van der Waals surface area contributed by atoms with Crippen LogP contribution in [0.2, 0.25) is 0 Å². The minimum Gasteiger partial charge on any atom is -0.337 e. The minimum absolute atomic E-state index is 0. The van der Waals surface area contributed by atoms with E-state index in [-0.39, 0.29) is 18.3 Å². The summed E-state index contributed by atoms with van der Waals surface area (Å²) in [6.45, 7) is 7.80. The van der Waals surface area contributed by atoms with E-state index in [2.05, 4.69) is 15.6 Å². The standard InChI is InChI=1S/C19H25N5O.ClH/c1-14-4-3-5-16(12-14)24-15(2)17(21-22-24)18(25)23-10-7-19(8-11-23)6-9-20-13-19;/h3-5,12,20H,6-11,13H2,1-2H3;1H. The second-order valence-electron chi connectivity index (χ2n) is 7.49. The molecular weight excluding hydrogens is 350 g/mol. The van der Waals surface area contributed by atoms with Gasteiger partial charge >= 0.3 is 0 Å². The molecule has 0 aliphatic carbocycles. The Bertz CT molecular complexity index is 787. The summed E-state index contributed by atoms with van der Waals surface area (Å²) in [5.74, 6) is 0.0113. The highest BCUT2D eigenvalue weighted by atomic mass is 35.5. The van der Waals surface area contributed by atoms with Gasteiger partial charge in [-0.1, -0.05) is 17.3 Å². The maximum atomic E-state index is 12.9. The van der Waals surface area contributed by atoms with Crippen molar-refractivity contribution in [3.63, 3.8) is 0 Å². The molecule has 0 radical (unpaired) electrons. The quantitative estimate of drug-likeness (QED) is 0.876. The summed E-state index contributed by atoms with van der Waals surface area (Å²) in [7, 11) is 0. The smallest absolute Gasteiger partial charge is 0.276 e. The first-order chi connectivity index (χ1) is 12.1. The Morgan fingerprint density at radius 1 is 1.19 bits per heavy atom. The highest BCUT2D eigenvalue weighted by Crippen LogP contribution is 2.37. The zero-order valence-corrected chi connectivity index (χ0v) is 16.2. The van der Waals surface area contributed by atoms with Crippen LogP contribution in [0.15, 0.2) is 24.3 Å². The van der Waals surface area contributed by atoms with Crippen molar-refractivity contribution >= 4 is 18.3 Å². The van der Waals surface area contributed by atoms with Gasteiger partial charge in [0, 0.05) is 19.6 Å². The number of rotatable bonds is 2. The minimum atomic E-state index is 0. The van der Waals surface area contributed by atoms with Crippen LogP contribution in [0.5, 0.6) is 0 Å². The number of piperidine rings is 1. The van der Waals surface area contributed by atoms with Gasteiger partial charge in [-0.05, 0) is 62.8 Å². The Morgan fingerprint density at radius 3 is 2.62 bits per heavy atom. The van der Waals surface area contributed by atoms with Crippen molar-refractivity contribution in [1.29, 1.82) is 0 Å². The molecule has 1 amide bonds. The molecule has 4 rings (SSSR count). The van der Waals surface area contributed by atoms with Crippen molar-refractivity contribution < 1.29 is 4.79 Å². The third-order valence-corrected chi connectivity index (χ3v) is 5.79. The van der Waals surface area contributed by atoms with E-state index >= 15 is 0 Å². The van der Waals surface area contributed by atoms with E-state index in [4.69, 9.17) is 0 Å². The van der Waals surface area contributed by atoms with Gasteiger partial charge in [0.05, 0.1) is 11.4 Å². The fourth-order valence-electron chi connectivity index (χ4n) is 4.09. The van der Waals surface area contributed by atoms with Gasteiger partial charge in [0.1, 0.15) is 0 Å². The maximum Gasteiger partial charge on any atom is 0.276 e. The van der Waals surface area contributed by atoms with E-state index < -0.39 is 0 Å². The molecule has 7 heteroatoms. The van der Waals surface area contributed by atoms with Crippen molar-refractivity contribution in [3.05, 3.63) is 41.2 Å². The van der Waals surface area contributed by atoms with Gasteiger partial charge < -0.3 is 10.2 Å². The molecule has 1 aromatic carbocycles. The number of carbonyl (C=O) groups excluding carboxylic acids is 1. The first-order valence-electron chi connectivity index (χ1n) is 9.07. The third kappa shape index (κ3) is 3.35. The molecule has 0 saturated carbocycles. The van der Waals surface area contributed by atoms with Crippen LogP contribution >= 0.6 is 12.4 Å². The summed E-state index contributed by atoms with van der Waals surface area (Å²) in [5, 5.41) is 11.9. The van der Waals surface area contributed by atoms with Crippen LogP contribution in [0, 0.1) is 19.3 Å². The molecular formula is C19H26ClN5O. The van der Waals surface area contributed by atoms with Gasteiger partial charge in [-0.15, -0.1) is 17.5 Å². The average molecular weight is 376 g/mol. The van der Waals surface area contributed by atoms with Gasteiger partial charge in [0.2, 0.25) is 0 Å². The van der Waals surface area contributed by atoms with E-state index in [9.17, 15) is 4.79 Å². The van der Waals surface area contributed by atoms with Crippen LogP contribution in [-0.4, -0.2) is 52.0 Å². The highest BCUT2D eigenvalue weighted by molar-refractivity contribution is 5.93. The third-order valence-electron chi connectivity index (χ3n) is 5.79. The van der Waals surface area contributed by atoms with E-state index in [1.165, 1.54) is 6.42 Å². The first kappa shape index (κ1) is 18.9. The molecule has 2 aliphatic rings. The van der Waals surface area contributed by atoms with Crippen molar-refractivity contribution in [2.45, 2.75) is 33.1 Å². The summed E-state index contributed by atoms with van der Waals surface area (Å²) >= 11 is 0. The second kappa shape index (κ2) is 7.37. The van der Waals surface area contributed by atoms with Gasteiger partial charge in [-0.3, -0.25) is 4.79 Å². The molecule has 6 nitrogen and oxygen atoms in total. The van der Waals surface area contributed by atoms with Gasteiger partial charge in [-0.2, -0.15) is 0 Å². The molecule has 1 spiro atoms. The van der Waals surface area contributed by atoms with Crippen LogP contribution in [0.1, 0.15) is 41.0 Å². The molecule has 26 heavy (non-hydrogen) atoms. The molecule has 3 heterocycles. The lowest BCUT2D eigenvalue weighted by atomic mass is 9.78. The van der Waals surface area contributed by atoms with Crippen LogP contribution in [0.4, 0.5) is 0 Å². The number of likely N-dealkylation sites (tertiary alicyclic amines) is 1. The zero-order valence-electron chi connectivity index (χ0n) is 15.4. The van der Waals surface area contributed by atoms with Crippen LogP contribution in [0.25, 0.3) is 5.69 Å². The fraction of sp³-hybridized carbons (Fsp3) is 0.526. The number of carbonyl (C=O) groups is 1. The largest absolute Gasteiger partial charge is 0.337 e. The average Bonchev–Trinajstić information content (AvgIpc) is 3.22. The van der Waals surface area contributed by atoms with Gasteiger partial charge in [-0.25, -0.2) is 4.68 Å². The monoisotopic (exact) mass is 375 g/mol. The highest BCUT2D eigenvalue weighted by Gasteiger charge is 2.38. The van der Waals surface area contributed by atoms with Crippen molar-refractivity contribution in [3.8, 4) is 5.69 Å². The lowest BCUT2D eigenvalue weighted by Gasteiger charge is -2.38. The lowest BCUT2D eigenvalue weighted by Crippen LogP contribution is -2.44. The Labute approximate surface area is 160 Å². The first-order valence-corrected chi connectivity index (χ1v) is 9.07. The second-order valence-corrected chi connectivity index (χ2v) is 7.49. The van der Waals surface area contributed by atoms with E-state index in [0.29, 0.717) is 11.1 Å². The van der Waals surface area contributed by atoms with Crippen molar-refractivity contribution in [1.82, 2.24) is 25.2 Å². The summed E-state index contributed by atoms with van der Waals surface area (Å²) < 4.78 is 1.76. The number of nitrogens with zero attached hydrogens (tertiary/aromatic N) is 4. The van der Waals surface area contributed by atoms with Gasteiger partial charge in [0.25, 0.3) is 5.91 Å². The predicted octanol–water partition coefficient (Wildman–Crippen LogP) is 2.52. The van der Waals surface area contributed by atoms with E-state index in [0.717, 1.165) is 56.0 Å². The SMILES string of the molecule is Cc1cccc(-n2nnc(C(=O)N3CCC4(CCNC4)CC3)c2C)c1.Cl. The topological polar surface area (TPSA) is 63.1 Å². The normalized spacial score (nSPS) is 18.8. The molecule has 1 aromatic heterocycles. The van der Waals surface area contributed by atoms with Crippen LogP contribution < -0.4 is 5.32 Å². The number of hydrogen-bond acceptors (Lipinski definition) is 4. The maximum absolute atomic E-state index is 12.9. The van der Waals surface area contributed by atoms with Gasteiger partial charge in [0.15, 0.2) is 5.69 Å².